The lowest BCUT2D eigenvalue weighted by Crippen LogP contribution is -1.95. The first-order valence-corrected chi connectivity index (χ1v) is 8.77. The van der Waals surface area contributed by atoms with E-state index in [4.69, 9.17) is 0 Å². The van der Waals surface area contributed by atoms with Crippen LogP contribution in [0, 0.1) is 0 Å². The first kappa shape index (κ1) is 17.5. The van der Waals surface area contributed by atoms with E-state index in [1.807, 2.05) is 0 Å². The van der Waals surface area contributed by atoms with Crippen LogP contribution in [0.15, 0.2) is 0 Å². The number of rotatable bonds is 11. The van der Waals surface area contributed by atoms with Crippen molar-refractivity contribution in [2.24, 2.45) is 0 Å². The quantitative estimate of drug-likeness (QED) is 0.347. The largest absolute Gasteiger partial charge is 0.288 e. The van der Waals surface area contributed by atoms with Crippen LogP contribution in [0.25, 0.3) is 0 Å². The SMILES string of the molecule is CCCCCCCCCCCC(Br)SC(C)=O. The molecule has 17 heavy (non-hydrogen) atoms. The molecule has 1 atom stereocenters. The average molecular weight is 323 g/mol. The standard InChI is InChI=1S/C14H27BrOS/c1-3-4-5-6-7-8-9-10-11-12-14(15)17-13(2)16/h14H,3-12H2,1-2H3. The molecule has 0 spiro atoms. The van der Waals surface area contributed by atoms with Crippen LogP contribution in [-0.2, 0) is 4.79 Å². The number of alkyl halides is 1. The van der Waals surface area contributed by atoms with E-state index in [1.54, 1.807) is 6.92 Å². The lowest BCUT2D eigenvalue weighted by Gasteiger charge is -2.06. The lowest BCUT2D eigenvalue weighted by atomic mass is 10.1. The summed E-state index contributed by atoms with van der Waals surface area (Å²) < 4.78 is 0.324. The molecule has 0 saturated carbocycles. The van der Waals surface area contributed by atoms with Crippen molar-refractivity contribution in [3.8, 4) is 0 Å². The molecule has 1 unspecified atom stereocenters. The van der Waals surface area contributed by atoms with Crippen LogP contribution in [0.2, 0.25) is 0 Å². The zero-order chi connectivity index (χ0) is 12.9. The molecule has 0 aliphatic rings. The van der Waals surface area contributed by atoms with Gasteiger partial charge in [0.2, 0.25) is 0 Å². The molecule has 0 bridgehead atoms. The number of carbonyl (C=O) groups is 1. The van der Waals surface area contributed by atoms with Crippen molar-refractivity contribution < 1.29 is 4.79 Å². The average Bonchev–Trinajstić information content (AvgIpc) is 2.26. The van der Waals surface area contributed by atoms with Gasteiger partial charge in [0.05, 0.1) is 4.16 Å². The van der Waals surface area contributed by atoms with Crippen LogP contribution in [-0.4, -0.2) is 9.27 Å². The maximum absolute atomic E-state index is 10.8. The van der Waals surface area contributed by atoms with Gasteiger partial charge < -0.3 is 0 Å². The number of halogens is 1. The lowest BCUT2D eigenvalue weighted by molar-refractivity contribution is -0.109. The molecule has 0 aromatic rings. The molecular weight excluding hydrogens is 296 g/mol. The Labute approximate surface area is 120 Å². The van der Waals surface area contributed by atoms with Crippen molar-refractivity contribution >= 4 is 32.8 Å². The molecule has 3 heteroatoms. The predicted octanol–water partition coefficient (Wildman–Crippen LogP) is 5.91. The van der Waals surface area contributed by atoms with Crippen LogP contribution in [0.1, 0.15) is 78.1 Å². The van der Waals surface area contributed by atoms with Crippen LogP contribution in [0.5, 0.6) is 0 Å². The zero-order valence-corrected chi connectivity index (χ0v) is 13.7. The fourth-order valence-corrected chi connectivity index (χ4v) is 3.61. The minimum atomic E-state index is 0.211. The third-order valence-corrected chi connectivity index (χ3v) is 4.67. The van der Waals surface area contributed by atoms with Crippen molar-refractivity contribution in [3.63, 3.8) is 0 Å². The Hall–Kier alpha value is 0.500. The maximum Gasteiger partial charge on any atom is 0.186 e. The molecule has 0 radical (unpaired) electrons. The van der Waals surface area contributed by atoms with E-state index in [-0.39, 0.29) is 5.12 Å². The second-order valence-corrected chi connectivity index (χ2v) is 7.73. The summed E-state index contributed by atoms with van der Waals surface area (Å²) in [5.74, 6) is 0. The summed E-state index contributed by atoms with van der Waals surface area (Å²) in [6.45, 7) is 3.89. The van der Waals surface area contributed by atoms with Gasteiger partial charge in [0.15, 0.2) is 5.12 Å². The highest BCUT2D eigenvalue weighted by atomic mass is 79.9. The summed E-state index contributed by atoms with van der Waals surface area (Å²) >= 11 is 4.94. The second kappa shape index (κ2) is 12.9. The molecule has 0 heterocycles. The highest BCUT2D eigenvalue weighted by Gasteiger charge is 2.06. The fourth-order valence-electron chi connectivity index (χ4n) is 1.85. The van der Waals surface area contributed by atoms with E-state index >= 15 is 0 Å². The van der Waals surface area contributed by atoms with E-state index in [1.165, 1.54) is 69.5 Å². The van der Waals surface area contributed by atoms with Crippen molar-refractivity contribution in [2.75, 3.05) is 0 Å². The Morgan fingerprint density at radius 2 is 1.47 bits per heavy atom. The minimum Gasteiger partial charge on any atom is -0.288 e. The van der Waals surface area contributed by atoms with Gasteiger partial charge in [-0.05, 0) is 6.42 Å². The molecule has 0 aromatic carbocycles. The van der Waals surface area contributed by atoms with Crippen molar-refractivity contribution in [1.29, 1.82) is 0 Å². The van der Waals surface area contributed by atoms with E-state index in [0.717, 1.165) is 6.42 Å². The number of hydrogen-bond acceptors (Lipinski definition) is 2. The topological polar surface area (TPSA) is 17.1 Å². The summed E-state index contributed by atoms with van der Waals surface area (Å²) in [6.07, 6.45) is 13.4. The van der Waals surface area contributed by atoms with Gasteiger partial charge in [-0.25, -0.2) is 0 Å². The van der Waals surface area contributed by atoms with Gasteiger partial charge in [-0.15, -0.1) is 0 Å². The summed E-state index contributed by atoms with van der Waals surface area (Å²) in [4.78, 5) is 10.8. The van der Waals surface area contributed by atoms with E-state index in [9.17, 15) is 4.79 Å². The van der Waals surface area contributed by atoms with Crippen LogP contribution in [0.3, 0.4) is 0 Å². The zero-order valence-electron chi connectivity index (χ0n) is 11.3. The van der Waals surface area contributed by atoms with Gasteiger partial charge >= 0.3 is 0 Å². The second-order valence-electron chi connectivity index (χ2n) is 4.64. The number of hydrogen-bond donors (Lipinski definition) is 0. The van der Waals surface area contributed by atoms with Gasteiger partial charge in [0.25, 0.3) is 0 Å². The third-order valence-electron chi connectivity index (χ3n) is 2.83. The Morgan fingerprint density at radius 1 is 1.00 bits per heavy atom. The molecule has 0 amide bonds. The molecule has 0 aromatic heterocycles. The van der Waals surface area contributed by atoms with Gasteiger partial charge in [0.1, 0.15) is 0 Å². The van der Waals surface area contributed by atoms with Crippen LogP contribution >= 0.6 is 27.7 Å². The monoisotopic (exact) mass is 322 g/mol. The van der Waals surface area contributed by atoms with Crippen LogP contribution < -0.4 is 0 Å². The number of unbranched alkanes of at least 4 members (excludes halogenated alkanes) is 8. The summed E-state index contributed by atoms with van der Waals surface area (Å²) in [7, 11) is 0. The Kier molecular flexibility index (Phi) is 13.3. The highest BCUT2D eigenvalue weighted by molar-refractivity contribution is 9.11. The van der Waals surface area contributed by atoms with Crippen molar-refractivity contribution in [2.45, 2.75) is 82.2 Å². The maximum atomic E-state index is 10.8. The molecule has 0 fully saturated rings. The van der Waals surface area contributed by atoms with Gasteiger partial charge in [-0.2, -0.15) is 0 Å². The molecular formula is C14H27BrOS. The Bertz CT molecular complexity index is 185. The van der Waals surface area contributed by atoms with Crippen molar-refractivity contribution in [3.05, 3.63) is 0 Å². The molecule has 0 aliphatic heterocycles. The third kappa shape index (κ3) is 14.4. The molecule has 1 nitrogen and oxygen atoms in total. The Balaban J connectivity index is 3.10. The number of thioether (sulfide) groups is 1. The molecule has 0 saturated heterocycles. The molecule has 0 N–H and O–H groups in total. The summed E-state index contributed by atoms with van der Waals surface area (Å²) in [5.41, 5.74) is 0. The fraction of sp³-hybridized carbons (Fsp3) is 0.929. The van der Waals surface area contributed by atoms with E-state index < -0.39 is 0 Å². The molecule has 0 rings (SSSR count). The number of carbonyl (C=O) groups excluding carboxylic acids is 1. The highest BCUT2D eigenvalue weighted by Crippen LogP contribution is 2.24. The summed E-state index contributed by atoms with van der Waals surface area (Å²) in [5, 5.41) is 0.211. The normalized spacial score (nSPS) is 12.6. The van der Waals surface area contributed by atoms with Crippen molar-refractivity contribution in [1.82, 2.24) is 0 Å². The minimum absolute atomic E-state index is 0.211. The Morgan fingerprint density at radius 3 is 1.94 bits per heavy atom. The molecule has 0 aliphatic carbocycles. The van der Waals surface area contributed by atoms with Gasteiger partial charge in [-0.1, -0.05) is 92.4 Å². The first-order chi connectivity index (χ1) is 8.16. The van der Waals surface area contributed by atoms with E-state index in [2.05, 4.69) is 22.9 Å². The van der Waals surface area contributed by atoms with Gasteiger partial charge in [0, 0.05) is 6.92 Å². The molecule has 102 valence electrons. The smallest absolute Gasteiger partial charge is 0.186 e. The van der Waals surface area contributed by atoms with Gasteiger partial charge in [-0.3, -0.25) is 4.79 Å². The summed E-state index contributed by atoms with van der Waals surface area (Å²) in [6, 6.07) is 0. The van der Waals surface area contributed by atoms with Crippen LogP contribution in [0.4, 0.5) is 0 Å². The predicted molar refractivity (Wildman–Crippen MR) is 82.8 cm³/mol. The first-order valence-electron chi connectivity index (χ1n) is 6.98. The van der Waals surface area contributed by atoms with E-state index in [0.29, 0.717) is 4.16 Å².